The number of nitrogens with one attached hydrogen (secondary N) is 2. The molecule has 1 aromatic carbocycles. The van der Waals surface area contributed by atoms with Crippen molar-refractivity contribution < 1.29 is 22.7 Å². The minimum Gasteiger partial charge on any atom is -0.383 e. The van der Waals surface area contributed by atoms with Crippen LogP contribution in [-0.4, -0.2) is 58.2 Å². The first-order valence-electron chi connectivity index (χ1n) is 9.88. The molecule has 172 valence electrons. The van der Waals surface area contributed by atoms with Crippen LogP contribution in [-0.2, 0) is 17.5 Å². The number of alkyl halides is 3. The summed E-state index contributed by atoms with van der Waals surface area (Å²) >= 11 is 1.50. The number of hydrogen-bond donors (Lipinski definition) is 2. The van der Waals surface area contributed by atoms with Crippen LogP contribution in [0, 0.1) is 0 Å². The van der Waals surface area contributed by atoms with E-state index in [1.807, 2.05) is 6.92 Å². The quantitative estimate of drug-likeness (QED) is 0.267. The summed E-state index contributed by atoms with van der Waals surface area (Å²) in [6.07, 6.45) is -2.78. The maximum atomic E-state index is 12.7. The van der Waals surface area contributed by atoms with Gasteiger partial charge in [0.15, 0.2) is 10.8 Å². The Hall–Kier alpha value is -2.86. The predicted molar refractivity (Wildman–Crippen MR) is 116 cm³/mol. The minimum absolute atomic E-state index is 0.150. The molecule has 0 unspecified atom stereocenters. The van der Waals surface area contributed by atoms with Gasteiger partial charge in [0, 0.05) is 25.8 Å². The standard InChI is InChI=1S/C20H23F3N6O2S/c1-3-32-19-27-16(24-9-11-31-2)15-12-26-29(17(15)28-19)10-8-25-18(30)13-4-6-14(7-5-13)20(21,22)23/h4-7,12H,3,8-11H2,1-2H3,(H,25,30)(H,24,27,28). The molecule has 0 spiro atoms. The molecule has 8 nitrogen and oxygen atoms in total. The molecule has 0 aliphatic carbocycles. The van der Waals surface area contributed by atoms with Gasteiger partial charge in [-0.1, -0.05) is 18.7 Å². The maximum absolute atomic E-state index is 12.7. The van der Waals surface area contributed by atoms with E-state index in [1.165, 1.54) is 11.8 Å². The van der Waals surface area contributed by atoms with Gasteiger partial charge in [-0.15, -0.1) is 0 Å². The molecule has 2 N–H and O–H groups in total. The van der Waals surface area contributed by atoms with Gasteiger partial charge in [-0.2, -0.15) is 18.3 Å². The van der Waals surface area contributed by atoms with Crippen molar-refractivity contribution in [3.05, 3.63) is 41.6 Å². The molecule has 2 heterocycles. The van der Waals surface area contributed by atoms with E-state index in [0.29, 0.717) is 36.3 Å². The Labute approximate surface area is 186 Å². The van der Waals surface area contributed by atoms with Gasteiger partial charge in [-0.3, -0.25) is 4.79 Å². The summed E-state index contributed by atoms with van der Waals surface area (Å²) in [5.41, 5.74) is -0.0241. The van der Waals surface area contributed by atoms with E-state index in [2.05, 4.69) is 25.7 Å². The van der Waals surface area contributed by atoms with Crippen molar-refractivity contribution in [1.29, 1.82) is 0 Å². The molecule has 1 amide bonds. The van der Waals surface area contributed by atoms with E-state index < -0.39 is 17.6 Å². The first-order valence-corrected chi connectivity index (χ1v) is 10.9. The second-order valence-corrected chi connectivity index (χ2v) is 7.87. The van der Waals surface area contributed by atoms with Crippen LogP contribution in [0.4, 0.5) is 19.0 Å². The van der Waals surface area contributed by atoms with Crippen molar-refractivity contribution in [3.8, 4) is 0 Å². The zero-order valence-electron chi connectivity index (χ0n) is 17.6. The lowest BCUT2D eigenvalue weighted by atomic mass is 10.1. The molecule has 0 aliphatic rings. The Kier molecular flexibility index (Phi) is 7.91. The molecule has 0 atom stereocenters. The molecule has 0 fully saturated rings. The normalized spacial score (nSPS) is 11.7. The van der Waals surface area contributed by atoms with E-state index in [4.69, 9.17) is 4.74 Å². The van der Waals surface area contributed by atoms with Crippen LogP contribution >= 0.6 is 11.8 Å². The van der Waals surface area contributed by atoms with Crippen LogP contribution < -0.4 is 10.6 Å². The molecular weight excluding hydrogens is 445 g/mol. The molecule has 3 aromatic rings. The molecule has 0 bridgehead atoms. The number of anilines is 1. The van der Waals surface area contributed by atoms with Crippen LogP contribution in [0.3, 0.4) is 0 Å². The average molecular weight is 469 g/mol. The highest BCUT2D eigenvalue weighted by Crippen LogP contribution is 2.29. The number of amides is 1. The molecule has 12 heteroatoms. The number of carbonyl (C=O) groups is 1. The van der Waals surface area contributed by atoms with Crippen LogP contribution in [0.1, 0.15) is 22.8 Å². The van der Waals surface area contributed by atoms with E-state index in [-0.39, 0.29) is 12.1 Å². The van der Waals surface area contributed by atoms with Crippen LogP contribution in [0.5, 0.6) is 0 Å². The molecule has 3 rings (SSSR count). The Morgan fingerprint density at radius 3 is 2.59 bits per heavy atom. The van der Waals surface area contributed by atoms with E-state index in [1.54, 1.807) is 18.0 Å². The fourth-order valence-corrected chi connectivity index (χ4v) is 3.45. The van der Waals surface area contributed by atoms with Crippen molar-refractivity contribution in [3.63, 3.8) is 0 Å². The van der Waals surface area contributed by atoms with E-state index >= 15 is 0 Å². The van der Waals surface area contributed by atoms with Crippen molar-refractivity contribution >= 4 is 34.5 Å². The van der Waals surface area contributed by atoms with Crippen molar-refractivity contribution in [1.82, 2.24) is 25.1 Å². The summed E-state index contributed by atoms with van der Waals surface area (Å²) in [7, 11) is 1.62. The molecule has 0 saturated carbocycles. The first kappa shape index (κ1) is 23.8. The van der Waals surface area contributed by atoms with E-state index in [0.717, 1.165) is 35.4 Å². The number of methoxy groups -OCH3 is 1. The van der Waals surface area contributed by atoms with Crippen LogP contribution in [0.2, 0.25) is 0 Å². The topological polar surface area (TPSA) is 94.0 Å². The highest BCUT2D eigenvalue weighted by atomic mass is 32.2. The molecule has 0 radical (unpaired) electrons. The number of fused-ring (bicyclic) bond motifs is 1. The second-order valence-electron chi connectivity index (χ2n) is 6.64. The SMILES string of the molecule is CCSc1nc(NCCOC)c2cnn(CCNC(=O)c3ccc(C(F)(F)F)cc3)c2n1. The summed E-state index contributed by atoms with van der Waals surface area (Å²) in [4.78, 5) is 21.4. The number of aromatic nitrogens is 4. The number of carbonyl (C=O) groups excluding carboxylic acids is 1. The summed E-state index contributed by atoms with van der Waals surface area (Å²) < 4.78 is 44.7. The van der Waals surface area contributed by atoms with Gasteiger partial charge in [0.05, 0.1) is 30.3 Å². The zero-order chi connectivity index (χ0) is 23.1. The van der Waals surface area contributed by atoms with Crippen molar-refractivity contribution in [2.24, 2.45) is 0 Å². The van der Waals surface area contributed by atoms with Gasteiger partial charge in [0.2, 0.25) is 0 Å². The molecule has 32 heavy (non-hydrogen) atoms. The lowest BCUT2D eigenvalue weighted by Crippen LogP contribution is -2.27. The Morgan fingerprint density at radius 2 is 1.94 bits per heavy atom. The minimum atomic E-state index is -4.44. The number of halogens is 3. The molecule has 0 aliphatic heterocycles. The van der Waals surface area contributed by atoms with Gasteiger partial charge in [-0.25, -0.2) is 14.6 Å². The lowest BCUT2D eigenvalue weighted by Gasteiger charge is -2.10. The third-order valence-corrected chi connectivity index (χ3v) is 5.16. The smallest absolute Gasteiger partial charge is 0.383 e. The first-order chi connectivity index (χ1) is 15.3. The molecule has 0 saturated heterocycles. The Morgan fingerprint density at radius 1 is 1.19 bits per heavy atom. The number of nitrogens with zero attached hydrogens (tertiary/aromatic N) is 4. The lowest BCUT2D eigenvalue weighted by molar-refractivity contribution is -0.137. The van der Waals surface area contributed by atoms with Crippen molar-refractivity contribution in [2.45, 2.75) is 24.8 Å². The van der Waals surface area contributed by atoms with Gasteiger partial charge >= 0.3 is 6.18 Å². The molecule has 2 aromatic heterocycles. The maximum Gasteiger partial charge on any atom is 0.416 e. The fraction of sp³-hybridized carbons (Fsp3) is 0.400. The number of rotatable bonds is 10. The number of thioether (sulfide) groups is 1. The fourth-order valence-electron chi connectivity index (χ4n) is 2.89. The molecular formula is C20H23F3N6O2S. The number of ether oxygens (including phenoxy) is 1. The Balaban J connectivity index is 1.68. The highest BCUT2D eigenvalue weighted by Gasteiger charge is 2.30. The highest BCUT2D eigenvalue weighted by molar-refractivity contribution is 7.99. The van der Waals surface area contributed by atoms with Crippen molar-refractivity contribution in [2.75, 3.05) is 37.9 Å². The summed E-state index contributed by atoms with van der Waals surface area (Å²) in [5.74, 6) is 0.998. The summed E-state index contributed by atoms with van der Waals surface area (Å²) in [6, 6.07) is 4.08. The third kappa shape index (κ3) is 5.88. The monoisotopic (exact) mass is 468 g/mol. The zero-order valence-corrected chi connectivity index (χ0v) is 18.4. The number of benzene rings is 1. The Bertz CT molecular complexity index is 1060. The third-order valence-electron chi connectivity index (χ3n) is 4.43. The second kappa shape index (κ2) is 10.6. The van der Waals surface area contributed by atoms with Gasteiger partial charge in [-0.05, 0) is 30.0 Å². The number of hydrogen-bond acceptors (Lipinski definition) is 7. The van der Waals surface area contributed by atoms with Gasteiger partial charge in [0.1, 0.15) is 5.82 Å². The van der Waals surface area contributed by atoms with Crippen LogP contribution in [0.25, 0.3) is 11.0 Å². The largest absolute Gasteiger partial charge is 0.416 e. The van der Waals surface area contributed by atoms with E-state index in [9.17, 15) is 18.0 Å². The summed E-state index contributed by atoms with van der Waals surface area (Å²) in [6.45, 7) is 3.66. The average Bonchev–Trinajstić information content (AvgIpc) is 3.16. The van der Waals surface area contributed by atoms with Gasteiger partial charge in [0.25, 0.3) is 5.91 Å². The van der Waals surface area contributed by atoms with Gasteiger partial charge < -0.3 is 15.4 Å². The summed E-state index contributed by atoms with van der Waals surface area (Å²) in [5, 5.41) is 11.6. The van der Waals surface area contributed by atoms with Crippen LogP contribution in [0.15, 0.2) is 35.6 Å². The predicted octanol–water partition coefficient (Wildman–Crippen LogP) is 3.45.